The molecule has 0 spiro atoms. The number of hydrogen-bond acceptors (Lipinski definition) is 7. The summed E-state index contributed by atoms with van der Waals surface area (Å²) in [6.45, 7) is 3.61. The number of nitrogens with two attached hydrogens (primary N) is 1. The molecule has 1 aromatic carbocycles. The molecule has 2 aromatic heterocycles. The number of oxazole rings is 1. The Bertz CT molecular complexity index is 1140. The molecule has 0 aliphatic heterocycles. The number of nitriles is 1. The highest BCUT2D eigenvalue weighted by atomic mass is 16.4. The van der Waals surface area contributed by atoms with Gasteiger partial charge in [0.1, 0.15) is 11.8 Å². The second kappa shape index (κ2) is 7.40. The van der Waals surface area contributed by atoms with Crippen LogP contribution in [0.3, 0.4) is 0 Å². The van der Waals surface area contributed by atoms with Crippen LogP contribution < -0.4 is 11.1 Å². The molecule has 0 radical (unpaired) electrons. The van der Waals surface area contributed by atoms with Crippen molar-refractivity contribution in [3.8, 4) is 6.07 Å². The highest BCUT2D eigenvalue weighted by Crippen LogP contribution is 2.33. The van der Waals surface area contributed by atoms with Crippen LogP contribution in [0.1, 0.15) is 58.6 Å². The number of pyridine rings is 1. The second-order valence-corrected chi connectivity index (χ2v) is 7.29. The summed E-state index contributed by atoms with van der Waals surface area (Å²) in [5, 5.41) is 21.3. The van der Waals surface area contributed by atoms with E-state index >= 15 is 0 Å². The minimum absolute atomic E-state index is 0.0448. The van der Waals surface area contributed by atoms with Gasteiger partial charge in [0.2, 0.25) is 0 Å². The largest absolute Gasteiger partial charge is 0.439 e. The van der Waals surface area contributed by atoms with Crippen molar-refractivity contribution in [2.45, 2.75) is 39.2 Å². The zero-order valence-corrected chi connectivity index (χ0v) is 16.4. The lowest BCUT2D eigenvalue weighted by molar-refractivity contribution is 0.513. The molecule has 0 bridgehead atoms. The number of anilines is 2. The van der Waals surface area contributed by atoms with Crippen molar-refractivity contribution < 1.29 is 4.42 Å². The van der Waals surface area contributed by atoms with E-state index in [9.17, 15) is 5.26 Å². The smallest absolute Gasteiger partial charge is 0.191 e. The van der Waals surface area contributed by atoms with Gasteiger partial charge in [0, 0.05) is 23.9 Å². The van der Waals surface area contributed by atoms with Crippen LogP contribution in [0.25, 0.3) is 0 Å². The van der Waals surface area contributed by atoms with E-state index in [0.717, 1.165) is 41.9 Å². The molecular weight excluding hydrogens is 364 g/mol. The third-order valence-corrected chi connectivity index (χ3v) is 5.25. The molecule has 146 valence electrons. The monoisotopic (exact) mass is 386 g/mol. The van der Waals surface area contributed by atoms with Gasteiger partial charge in [0.15, 0.2) is 11.7 Å². The van der Waals surface area contributed by atoms with E-state index in [1.54, 1.807) is 13.0 Å². The first-order valence-corrected chi connectivity index (χ1v) is 9.54. The molecule has 4 rings (SSSR count). The summed E-state index contributed by atoms with van der Waals surface area (Å²) in [5.74, 6) is 0.894. The van der Waals surface area contributed by atoms with Crippen molar-refractivity contribution in [2.75, 3.05) is 11.1 Å². The molecule has 1 aliphatic rings. The predicted molar refractivity (Wildman–Crippen MR) is 111 cm³/mol. The summed E-state index contributed by atoms with van der Waals surface area (Å²) < 4.78 is 5.48. The number of aromatic nitrogens is 2. The first kappa shape index (κ1) is 18.7. The van der Waals surface area contributed by atoms with Crippen LogP contribution >= 0.6 is 0 Å². The quantitative estimate of drug-likeness (QED) is 0.459. The van der Waals surface area contributed by atoms with Crippen molar-refractivity contribution in [3.63, 3.8) is 0 Å². The normalized spacial score (nSPS) is 15.4. The fourth-order valence-electron chi connectivity index (χ4n) is 3.73. The molecule has 4 N–H and O–H groups in total. The number of nitrogen functional groups attached to an aromatic ring is 1. The van der Waals surface area contributed by atoms with Crippen LogP contribution in [-0.4, -0.2) is 15.7 Å². The van der Waals surface area contributed by atoms with E-state index in [4.69, 9.17) is 20.5 Å². The maximum absolute atomic E-state index is 9.28. The van der Waals surface area contributed by atoms with Crippen molar-refractivity contribution in [1.29, 1.82) is 10.7 Å². The lowest BCUT2D eigenvalue weighted by Gasteiger charge is -2.27. The van der Waals surface area contributed by atoms with Crippen molar-refractivity contribution in [1.82, 2.24) is 9.97 Å². The van der Waals surface area contributed by atoms with Crippen LogP contribution in [-0.2, 0) is 6.42 Å². The Morgan fingerprint density at radius 2 is 2.17 bits per heavy atom. The van der Waals surface area contributed by atoms with Gasteiger partial charge in [-0.3, -0.25) is 10.4 Å². The molecule has 7 heteroatoms. The molecule has 0 saturated carbocycles. The molecule has 1 aliphatic carbocycles. The molecule has 1 atom stereocenters. The van der Waals surface area contributed by atoms with Gasteiger partial charge in [-0.1, -0.05) is 0 Å². The predicted octanol–water partition coefficient (Wildman–Crippen LogP) is 4.05. The first-order valence-electron chi connectivity index (χ1n) is 9.54. The molecule has 0 amide bonds. The minimum atomic E-state index is 0.0448. The number of hydrogen-bond donors (Lipinski definition) is 3. The Hall–Kier alpha value is -3.66. The topological polar surface area (TPSA) is 125 Å². The van der Waals surface area contributed by atoms with Gasteiger partial charge < -0.3 is 15.5 Å². The molecule has 29 heavy (non-hydrogen) atoms. The van der Waals surface area contributed by atoms with Gasteiger partial charge in [-0.2, -0.15) is 5.26 Å². The molecule has 3 aromatic rings. The van der Waals surface area contributed by atoms with Gasteiger partial charge in [-0.15, -0.1) is 0 Å². The molecule has 0 saturated heterocycles. The van der Waals surface area contributed by atoms with E-state index in [-0.39, 0.29) is 11.8 Å². The van der Waals surface area contributed by atoms with Crippen molar-refractivity contribution in [2.24, 2.45) is 0 Å². The Labute approximate surface area is 169 Å². The zero-order chi connectivity index (χ0) is 20.5. The van der Waals surface area contributed by atoms with Crippen LogP contribution in [0, 0.1) is 30.6 Å². The third kappa shape index (κ3) is 3.57. The number of aryl methyl sites for hydroxylation is 3. The lowest BCUT2D eigenvalue weighted by Crippen LogP contribution is -2.20. The number of fused-ring (bicyclic) bond motifs is 1. The Balaban J connectivity index is 1.64. The average molecular weight is 386 g/mol. The summed E-state index contributed by atoms with van der Waals surface area (Å²) in [6, 6.07) is 9.78. The highest BCUT2D eigenvalue weighted by molar-refractivity contribution is 6.12. The summed E-state index contributed by atoms with van der Waals surface area (Å²) in [6.07, 6.45) is 4.44. The molecular formula is C22H22N6O. The van der Waals surface area contributed by atoms with Crippen LogP contribution in [0.15, 0.2) is 34.9 Å². The van der Waals surface area contributed by atoms with Gasteiger partial charge in [-0.05, 0) is 56.0 Å². The van der Waals surface area contributed by atoms with Gasteiger partial charge in [0.25, 0.3) is 0 Å². The van der Waals surface area contributed by atoms with Gasteiger partial charge in [0.05, 0.1) is 29.2 Å². The first-order chi connectivity index (χ1) is 14.0. The Kier molecular flexibility index (Phi) is 4.77. The molecule has 0 fully saturated rings. The highest BCUT2D eigenvalue weighted by Gasteiger charge is 2.23. The van der Waals surface area contributed by atoms with E-state index in [2.05, 4.69) is 16.4 Å². The number of rotatable bonds is 4. The summed E-state index contributed by atoms with van der Waals surface area (Å²) in [4.78, 5) is 8.77. The fourth-order valence-corrected chi connectivity index (χ4v) is 3.73. The second-order valence-electron chi connectivity index (χ2n) is 7.29. The maximum atomic E-state index is 9.28. The molecule has 7 nitrogen and oxygen atoms in total. The van der Waals surface area contributed by atoms with Crippen LogP contribution in [0.4, 0.5) is 11.4 Å². The zero-order valence-electron chi connectivity index (χ0n) is 16.4. The Morgan fingerprint density at radius 1 is 1.34 bits per heavy atom. The van der Waals surface area contributed by atoms with Gasteiger partial charge >= 0.3 is 0 Å². The maximum Gasteiger partial charge on any atom is 0.191 e. The number of nitrogens with one attached hydrogen (secondary N) is 2. The number of nitrogens with zero attached hydrogens (tertiary/aromatic N) is 3. The van der Waals surface area contributed by atoms with Crippen molar-refractivity contribution >= 4 is 17.1 Å². The van der Waals surface area contributed by atoms with Crippen LogP contribution in [0.2, 0.25) is 0 Å². The lowest BCUT2D eigenvalue weighted by atomic mass is 9.90. The van der Waals surface area contributed by atoms with E-state index in [1.165, 1.54) is 6.20 Å². The Morgan fingerprint density at radius 3 is 2.90 bits per heavy atom. The SMILES string of the molecule is Cc1ncc(C(=N)c2cc(N[C@H]3CCCc4cc(C#N)c(C)nc43)ccc2N)o1. The summed E-state index contributed by atoms with van der Waals surface area (Å²) >= 11 is 0. The standard InChI is InChI=1S/C22H22N6O/c1-12-15(10-23)8-14-4-3-5-19(22(14)27-12)28-16-6-7-18(24)17(9-16)21(25)20-11-26-13(2)29-20/h6-9,11,19,25,28H,3-5,24H2,1-2H3/t19-/m0/s1. The van der Waals surface area contributed by atoms with E-state index in [1.807, 2.05) is 25.1 Å². The average Bonchev–Trinajstić information content (AvgIpc) is 3.15. The minimum Gasteiger partial charge on any atom is -0.439 e. The fraction of sp³-hybridized carbons (Fsp3) is 0.273. The van der Waals surface area contributed by atoms with Crippen LogP contribution in [0.5, 0.6) is 0 Å². The van der Waals surface area contributed by atoms with Gasteiger partial charge in [-0.25, -0.2) is 4.98 Å². The molecule has 0 unspecified atom stereocenters. The number of benzene rings is 1. The molecule has 2 heterocycles. The van der Waals surface area contributed by atoms with Crippen molar-refractivity contribution in [3.05, 3.63) is 70.2 Å². The van der Waals surface area contributed by atoms with E-state index < -0.39 is 0 Å². The third-order valence-electron chi connectivity index (χ3n) is 5.25. The summed E-state index contributed by atoms with van der Waals surface area (Å²) in [7, 11) is 0. The summed E-state index contributed by atoms with van der Waals surface area (Å²) in [5.41, 5.74) is 11.8. The van der Waals surface area contributed by atoms with E-state index in [0.29, 0.717) is 28.5 Å².